The average molecular weight is 651 g/mol. The Morgan fingerprint density at radius 1 is 0.409 bits per heavy atom. The van der Waals surface area contributed by atoms with Crippen molar-refractivity contribution in [3.63, 3.8) is 0 Å². The summed E-state index contributed by atoms with van der Waals surface area (Å²) in [6, 6.07) is 0. The lowest BCUT2D eigenvalue weighted by Crippen LogP contribution is -1.97. The first kappa shape index (κ1) is 50.1. The SMILES string of the molecule is CCCCCCCC/C=C\CCCCCCCCOCCCCCCCC/C=C\CCCCCCCC.N.N.O=S(=O)(O)O. The summed E-state index contributed by atoms with van der Waals surface area (Å²) in [7, 11) is -4.67. The summed E-state index contributed by atoms with van der Waals surface area (Å²) in [5.41, 5.74) is 0. The van der Waals surface area contributed by atoms with Crippen molar-refractivity contribution in [2.75, 3.05) is 13.2 Å². The van der Waals surface area contributed by atoms with Crippen LogP contribution in [-0.2, 0) is 15.1 Å². The molecule has 0 saturated heterocycles. The van der Waals surface area contributed by atoms with Crippen molar-refractivity contribution in [1.29, 1.82) is 0 Å². The van der Waals surface area contributed by atoms with E-state index in [0.29, 0.717) is 0 Å². The van der Waals surface area contributed by atoms with Crippen molar-refractivity contribution < 1.29 is 22.3 Å². The van der Waals surface area contributed by atoms with Crippen molar-refractivity contribution in [2.24, 2.45) is 0 Å². The molecule has 0 heterocycles. The molecule has 0 amide bonds. The lowest BCUT2D eigenvalue weighted by molar-refractivity contribution is 0.125. The van der Waals surface area contributed by atoms with Crippen LogP contribution in [0.2, 0.25) is 0 Å². The van der Waals surface area contributed by atoms with Crippen molar-refractivity contribution in [1.82, 2.24) is 12.3 Å². The molecule has 0 spiro atoms. The highest BCUT2D eigenvalue weighted by Gasteiger charge is 1.95. The lowest BCUT2D eigenvalue weighted by Gasteiger charge is -2.05. The molecule has 7 nitrogen and oxygen atoms in total. The van der Waals surface area contributed by atoms with Crippen LogP contribution in [0.15, 0.2) is 24.3 Å². The molecule has 0 aromatic carbocycles. The molecule has 0 aromatic heterocycles. The molecule has 0 bridgehead atoms. The van der Waals surface area contributed by atoms with Crippen LogP contribution >= 0.6 is 0 Å². The van der Waals surface area contributed by atoms with Crippen LogP contribution in [0.25, 0.3) is 0 Å². The van der Waals surface area contributed by atoms with Gasteiger partial charge >= 0.3 is 10.4 Å². The predicted octanol–water partition coefficient (Wildman–Crippen LogP) is 12.7. The maximum Gasteiger partial charge on any atom is 0.394 e. The van der Waals surface area contributed by atoms with Crippen LogP contribution in [0, 0.1) is 0 Å². The van der Waals surface area contributed by atoms with Crippen LogP contribution in [0.1, 0.15) is 194 Å². The van der Waals surface area contributed by atoms with Gasteiger partial charge in [-0.05, 0) is 64.2 Å². The molecule has 0 aliphatic rings. The van der Waals surface area contributed by atoms with Crippen molar-refractivity contribution in [3.8, 4) is 0 Å². The molecule has 0 saturated carbocycles. The minimum absolute atomic E-state index is 0. The molecular formula is C36H78N2O5S. The first-order valence-corrected chi connectivity index (χ1v) is 19.4. The third-order valence-corrected chi connectivity index (χ3v) is 7.60. The fourth-order valence-corrected chi connectivity index (χ4v) is 5.01. The summed E-state index contributed by atoms with van der Waals surface area (Å²) in [5, 5.41) is 0. The van der Waals surface area contributed by atoms with Gasteiger partial charge in [0.15, 0.2) is 0 Å². The number of hydrogen-bond donors (Lipinski definition) is 4. The van der Waals surface area contributed by atoms with E-state index in [-0.39, 0.29) is 12.3 Å². The second-order valence-corrected chi connectivity index (χ2v) is 12.8. The molecule has 0 aromatic rings. The standard InChI is InChI=1S/C36H70O.2H3N.H2O4S/c1-3-5-7-9-11-13-15-17-19-21-23-25-27-29-31-33-35-37-36-34-32-30-28-26-24-22-20-18-16-14-12-10-8-6-4-2;;;1-5(2,3)4/h17-20H,3-16,21-36H2,1-2H3;2*1H3;(H2,1,2,3,4)/b19-17-,20-18-;;;. The molecule has 0 aliphatic carbocycles. The van der Waals surface area contributed by atoms with Gasteiger partial charge in [0.1, 0.15) is 0 Å². The fourth-order valence-electron chi connectivity index (χ4n) is 5.01. The monoisotopic (exact) mass is 651 g/mol. The Hall–Kier alpha value is -0.770. The normalized spacial score (nSPS) is 11.4. The molecule has 44 heavy (non-hydrogen) atoms. The molecule has 0 unspecified atom stereocenters. The van der Waals surface area contributed by atoms with Crippen LogP contribution in [0.4, 0.5) is 0 Å². The fraction of sp³-hybridized carbons (Fsp3) is 0.889. The summed E-state index contributed by atoms with van der Waals surface area (Å²) in [6.07, 6.45) is 48.1. The first-order valence-electron chi connectivity index (χ1n) is 18.0. The highest BCUT2D eigenvalue weighted by atomic mass is 32.3. The topological polar surface area (TPSA) is 154 Å². The molecule has 0 aliphatic heterocycles. The zero-order valence-corrected chi connectivity index (χ0v) is 30.3. The minimum Gasteiger partial charge on any atom is -0.381 e. The summed E-state index contributed by atoms with van der Waals surface area (Å²) in [5.74, 6) is 0. The Morgan fingerprint density at radius 2 is 0.614 bits per heavy atom. The van der Waals surface area contributed by atoms with Crippen LogP contribution < -0.4 is 12.3 Å². The minimum atomic E-state index is -4.67. The smallest absolute Gasteiger partial charge is 0.381 e. The van der Waals surface area contributed by atoms with E-state index in [0.717, 1.165) is 13.2 Å². The maximum absolute atomic E-state index is 8.74. The molecule has 0 fully saturated rings. The number of ether oxygens (including phenoxy) is 1. The van der Waals surface area contributed by atoms with E-state index in [9.17, 15) is 0 Å². The van der Waals surface area contributed by atoms with Gasteiger partial charge in [-0.3, -0.25) is 9.11 Å². The Labute approximate surface area is 275 Å². The second kappa shape index (κ2) is 44.4. The van der Waals surface area contributed by atoms with Gasteiger partial charge in [-0.15, -0.1) is 0 Å². The molecule has 8 N–H and O–H groups in total. The zero-order valence-electron chi connectivity index (χ0n) is 29.5. The van der Waals surface area contributed by atoms with Crippen molar-refractivity contribution in [2.45, 2.75) is 194 Å². The Morgan fingerprint density at radius 3 is 0.864 bits per heavy atom. The Bertz CT molecular complexity index is 609. The lowest BCUT2D eigenvalue weighted by atomic mass is 10.1. The van der Waals surface area contributed by atoms with Crippen LogP contribution in [0.5, 0.6) is 0 Å². The molecular weight excluding hydrogens is 572 g/mol. The molecule has 0 radical (unpaired) electrons. The third kappa shape index (κ3) is 60.4. The van der Waals surface area contributed by atoms with Crippen molar-refractivity contribution >= 4 is 10.4 Å². The predicted molar refractivity (Wildman–Crippen MR) is 194 cm³/mol. The molecule has 8 heteroatoms. The first-order chi connectivity index (χ1) is 20.4. The number of hydrogen-bond acceptors (Lipinski definition) is 5. The number of rotatable bonds is 32. The average Bonchev–Trinajstić information content (AvgIpc) is 2.94. The molecule has 0 atom stereocenters. The van der Waals surface area contributed by atoms with E-state index < -0.39 is 10.4 Å². The van der Waals surface area contributed by atoms with Crippen LogP contribution in [0.3, 0.4) is 0 Å². The van der Waals surface area contributed by atoms with Gasteiger partial charge in [-0.25, -0.2) is 0 Å². The highest BCUT2D eigenvalue weighted by molar-refractivity contribution is 7.79. The largest absolute Gasteiger partial charge is 0.394 e. The van der Waals surface area contributed by atoms with E-state index in [2.05, 4.69) is 38.2 Å². The van der Waals surface area contributed by atoms with Crippen molar-refractivity contribution in [3.05, 3.63) is 24.3 Å². The Balaban J connectivity index is -0.00000105. The van der Waals surface area contributed by atoms with E-state index in [1.807, 2.05) is 0 Å². The zero-order chi connectivity index (χ0) is 31.2. The van der Waals surface area contributed by atoms with Gasteiger partial charge in [-0.1, -0.05) is 154 Å². The Kier molecular flexibility index (Phi) is 50.5. The third-order valence-electron chi connectivity index (χ3n) is 7.60. The van der Waals surface area contributed by atoms with E-state index >= 15 is 0 Å². The van der Waals surface area contributed by atoms with Crippen LogP contribution in [-0.4, -0.2) is 30.7 Å². The van der Waals surface area contributed by atoms with Gasteiger partial charge in [0.2, 0.25) is 0 Å². The second-order valence-electron chi connectivity index (χ2n) is 11.9. The van der Waals surface area contributed by atoms with Gasteiger partial charge < -0.3 is 17.0 Å². The highest BCUT2D eigenvalue weighted by Crippen LogP contribution is 2.12. The van der Waals surface area contributed by atoms with Gasteiger partial charge in [0.25, 0.3) is 0 Å². The quantitative estimate of drug-likeness (QED) is 0.0321. The van der Waals surface area contributed by atoms with E-state index in [4.69, 9.17) is 22.3 Å². The van der Waals surface area contributed by atoms with E-state index in [1.165, 1.54) is 180 Å². The number of unbranched alkanes of at least 4 members (excludes halogenated alkanes) is 24. The summed E-state index contributed by atoms with van der Waals surface area (Å²) in [4.78, 5) is 0. The summed E-state index contributed by atoms with van der Waals surface area (Å²) >= 11 is 0. The van der Waals surface area contributed by atoms with E-state index in [1.54, 1.807) is 0 Å². The van der Waals surface area contributed by atoms with Gasteiger partial charge in [0, 0.05) is 13.2 Å². The number of allylic oxidation sites excluding steroid dienone is 4. The maximum atomic E-state index is 8.74. The summed E-state index contributed by atoms with van der Waals surface area (Å²) in [6.45, 7) is 6.54. The summed E-state index contributed by atoms with van der Waals surface area (Å²) < 4.78 is 37.4. The van der Waals surface area contributed by atoms with Gasteiger partial charge in [0.05, 0.1) is 0 Å². The molecule has 0 rings (SSSR count). The van der Waals surface area contributed by atoms with Gasteiger partial charge in [-0.2, -0.15) is 8.42 Å². The molecule has 268 valence electrons.